The summed E-state index contributed by atoms with van der Waals surface area (Å²) in [7, 11) is 1.38. The maximum Gasteiger partial charge on any atom is 0.410 e. The number of nitrogens with zero attached hydrogens (tertiary/aromatic N) is 6. The van der Waals surface area contributed by atoms with E-state index in [0.717, 1.165) is 58.2 Å². The van der Waals surface area contributed by atoms with E-state index in [1.165, 1.54) is 13.3 Å². The summed E-state index contributed by atoms with van der Waals surface area (Å²) in [5.41, 5.74) is -0.521. The summed E-state index contributed by atoms with van der Waals surface area (Å²) in [4.78, 5) is 44.1. The number of methoxy groups -OCH3 is 1. The van der Waals surface area contributed by atoms with Gasteiger partial charge in [0.2, 0.25) is 0 Å². The van der Waals surface area contributed by atoms with Gasteiger partial charge in [0.05, 0.1) is 50.3 Å². The van der Waals surface area contributed by atoms with Crippen LogP contribution < -0.4 is 9.64 Å². The Bertz CT molecular complexity index is 1430. The number of carbonyl (C=O) groups excluding carboxylic acids is 2. The Morgan fingerprint density at radius 3 is 2.41 bits per heavy atom. The third-order valence-electron chi connectivity index (χ3n) is 9.43. The van der Waals surface area contributed by atoms with Gasteiger partial charge < -0.3 is 28.7 Å². The number of amides is 1. The highest BCUT2D eigenvalue weighted by Gasteiger charge is 2.47. The highest BCUT2D eigenvalue weighted by atomic mass is 35.5. The fourth-order valence-corrected chi connectivity index (χ4v) is 6.99. The van der Waals surface area contributed by atoms with Gasteiger partial charge in [0.15, 0.2) is 11.0 Å². The average molecular weight is 663 g/mol. The molecule has 252 valence electrons. The van der Waals surface area contributed by atoms with Crippen LogP contribution in [0.4, 0.5) is 15.0 Å². The molecule has 2 aromatic heterocycles. The summed E-state index contributed by atoms with van der Waals surface area (Å²) in [5, 5.41) is 0.200. The Morgan fingerprint density at radius 1 is 1.09 bits per heavy atom. The minimum Gasteiger partial charge on any atom is -0.469 e. The van der Waals surface area contributed by atoms with Crippen LogP contribution in [0.25, 0.3) is 10.9 Å². The van der Waals surface area contributed by atoms with Crippen LogP contribution in [0.2, 0.25) is 5.15 Å². The highest BCUT2D eigenvalue weighted by molar-refractivity contribution is 6.30. The maximum atomic E-state index is 15.3. The summed E-state index contributed by atoms with van der Waals surface area (Å²) in [6.45, 7) is 10.2. The average Bonchev–Trinajstić information content (AvgIpc) is 3.73. The van der Waals surface area contributed by atoms with Gasteiger partial charge in [-0.05, 0) is 59.3 Å². The van der Waals surface area contributed by atoms with Crippen molar-refractivity contribution in [1.29, 1.82) is 0 Å². The first kappa shape index (κ1) is 32.9. The molecule has 14 heteroatoms. The lowest BCUT2D eigenvalue weighted by Crippen LogP contribution is -2.57. The van der Waals surface area contributed by atoms with Crippen molar-refractivity contribution in [1.82, 2.24) is 24.8 Å². The molecule has 5 heterocycles. The number of pyridine rings is 1. The highest BCUT2D eigenvalue weighted by Crippen LogP contribution is 2.47. The van der Waals surface area contributed by atoms with E-state index in [-0.39, 0.29) is 58.8 Å². The third kappa shape index (κ3) is 7.41. The first-order chi connectivity index (χ1) is 21.9. The van der Waals surface area contributed by atoms with E-state index in [9.17, 15) is 9.59 Å². The number of piperidine rings is 1. The zero-order valence-corrected chi connectivity index (χ0v) is 27.9. The largest absolute Gasteiger partial charge is 0.469 e. The molecule has 0 spiro atoms. The number of hydrogen-bond donors (Lipinski definition) is 0. The minimum absolute atomic E-state index is 0.0103. The monoisotopic (exact) mass is 662 g/mol. The SMILES string of the molecule is COC(=O)CCOC1CCN(CC2(COc3nc(N4CC5CCC(C4)N5C(=O)OC(C)(C)C)c4cnc(Cl)c(F)c4n3)CC2)CC1. The Labute approximate surface area is 273 Å². The van der Waals surface area contributed by atoms with E-state index in [4.69, 9.17) is 30.8 Å². The molecule has 0 radical (unpaired) electrons. The number of piperazine rings is 1. The summed E-state index contributed by atoms with van der Waals surface area (Å²) in [5.74, 6) is -0.435. The fourth-order valence-electron chi connectivity index (χ4n) is 6.86. The summed E-state index contributed by atoms with van der Waals surface area (Å²) in [6.07, 6.45) is 7.20. The standard InChI is InChI=1S/C32H44ClFN6O6/c1-31(2,3)46-30(42)40-20-5-6-21(40)17-39(16-20)28-23-15-35-27(33)25(34)26(23)36-29(37-28)45-19-32(10-11-32)18-38-12-7-22(8-13-38)44-14-9-24(41)43-4/h15,20-22H,5-14,16-19H2,1-4H3. The number of anilines is 1. The normalized spacial score (nSPS) is 23.1. The second kappa shape index (κ2) is 13.2. The van der Waals surface area contributed by atoms with Crippen molar-refractivity contribution in [2.75, 3.05) is 57.9 Å². The molecule has 6 rings (SSSR count). The molecule has 12 nitrogen and oxygen atoms in total. The Balaban J connectivity index is 1.11. The van der Waals surface area contributed by atoms with Gasteiger partial charge in [0.25, 0.3) is 0 Å². The first-order valence-electron chi connectivity index (χ1n) is 16.3. The van der Waals surface area contributed by atoms with Crippen LogP contribution in [0, 0.1) is 11.2 Å². The molecule has 1 aliphatic carbocycles. The molecular weight excluding hydrogens is 619 g/mol. The van der Waals surface area contributed by atoms with Crippen LogP contribution >= 0.6 is 11.6 Å². The second-order valence-electron chi connectivity index (χ2n) is 14.1. The topological polar surface area (TPSA) is 119 Å². The number of esters is 1. The van der Waals surface area contributed by atoms with Crippen molar-refractivity contribution in [2.24, 2.45) is 5.41 Å². The molecule has 3 aliphatic heterocycles. The number of hydrogen-bond acceptors (Lipinski definition) is 11. The Kier molecular flexibility index (Phi) is 9.46. The van der Waals surface area contributed by atoms with Crippen LogP contribution in [0.3, 0.4) is 0 Å². The van der Waals surface area contributed by atoms with E-state index in [0.29, 0.717) is 37.5 Å². The number of halogens is 2. The zero-order valence-electron chi connectivity index (χ0n) is 27.1. The van der Waals surface area contributed by atoms with Gasteiger partial charge in [-0.1, -0.05) is 11.6 Å². The lowest BCUT2D eigenvalue weighted by molar-refractivity contribution is -0.142. The van der Waals surface area contributed by atoms with Gasteiger partial charge in [-0.2, -0.15) is 9.97 Å². The summed E-state index contributed by atoms with van der Waals surface area (Å²) < 4.78 is 37.8. The van der Waals surface area contributed by atoms with Gasteiger partial charge in [-0.25, -0.2) is 14.2 Å². The Hall–Kier alpha value is -3.03. The van der Waals surface area contributed by atoms with E-state index in [1.807, 2.05) is 25.7 Å². The van der Waals surface area contributed by atoms with Crippen LogP contribution in [-0.4, -0.2) is 114 Å². The number of aromatic nitrogens is 3. The van der Waals surface area contributed by atoms with Gasteiger partial charge in [-0.15, -0.1) is 0 Å². The van der Waals surface area contributed by atoms with Gasteiger partial charge in [0, 0.05) is 44.3 Å². The number of fused-ring (bicyclic) bond motifs is 3. The lowest BCUT2D eigenvalue weighted by atomic mass is 10.0. The molecule has 2 bridgehead atoms. The molecule has 3 saturated heterocycles. The van der Waals surface area contributed by atoms with Crippen LogP contribution in [-0.2, 0) is 19.0 Å². The zero-order chi connectivity index (χ0) is 32.6. The number of ether oxygens (including phenoxy) is 4. The third-order valence-corrected chi connectivity index (χ3v) is 9.70. The van der Waals surface area contributed by atoms with Crippen molar-refractivity contribution < 1.29 is 32.9 Å². The van der Waals surface area contributed by atoms with Crippen LogP contribution in [0.1, 0.15) is 65.7 Å². The predicted molar refractivity (Wildman–Crippen MR) is 169 cm³/mol. The molecule has 1 amide bonds. The van der Waals surface area contributed by atoms with E-state index < -0.39 is 11.4 Å². The first-order valence-corrected chi connectivity index (χ1v) is 16.6. The molecule has 4 fully saturated rings. The van der Waals surface area contributed by atoms with Crippen molar-refractivity contribution in [3.05, 3.63) is 17.2 Å². The van der Waals surface area contributed by atoms with E-state index >= 15 is 4.39 Å². The van der Waals surface area contributed by atoms with Crippen LogP contribution in [0.5, 0.6) is 6.01 Å². The van der Waals surface area contributed by atoms with E-state index in [1.54, 1.807) is 0 Å². The molecular formula is C32H44ClFN6O6. The lowest BCUT2D eigenvalue weighted by Gasteiger charge is -2.42. The molecule has 2 atom stereocenters. The smallest absolute Gasteiger partial charge is 0.410 e. The maximum absolute atomic E-state index is 15.3. The second-order valence-corrected chi connectivity index (χ2v) is 14.5. The van der Waals surface area contributed by atoms with Gasteiger partial charge in [-0.3, -0.25) is 9.69 Å². The molecule has 4 aliphatic rings. The number of carbonyl (C=O) groups is 2. The molecule has 1 saturated carbocycles. The minimum atomic E-state index is -0.708. The number of rotatable bonds is 10. The quantitative estimate of drug-likeness (QED) is 0.262. The van der Waals surface area contributed by atoms with Crippen LogP contribution in [0.15, 0.2) is 6.20 Å². The molecule has 2 unspecified atom stereocenters. The van der Waals surface area contributed by atoms with Gasteiger partial charge >= 0.3 is 18.1 Å². The fraction of sp³-hybridized carbons (Fsp3) is 0.719. The molecule has 0 aromatic carbocycles. The Morgan fingerprint density at radius 2 is 1.78 bits per heavy atom. The van der Waals surface area contributed by atoms with E-state index in [2.05, 4.69) is 24.5 Å². The predicted octanol–water partition coefficient (Wildman–Crippen LogP) is 4.61. The summed E-state index contributed by atoms with van der Waals surface area (Å²) in [6, 6.07) is 0.00463. The molecule has 46 heavy (non-hydrogen) atoms. The molecule has 2 aromatic rings. The summed E-state index contributed by atoms with van der Waals surface area (Å²) >= 11 is 6.07. The number of likely N-dealkylation sites (tertiary alicyclic amines) is 1. The van der Waals surface area contributed by atoms with Crippen molar-refractivity contribution in [3.63, 3.8) is 0 Å². The molecule has 0 N–H and O–H groups in total. The van der Waals surface area contributed by atoms with Crippen molar-refractivity contribution in [2.45, 2.75) is 89.5 Å². The van der Waals surface area contributed by atoms with Crippen molar-refractivity contribution >= 4 is 40.4 Å². The van der Waals surface area contributed by atoms with Crippen molar-refractivity contribution in [3.8, 4) is 6.01 Å². The van der Waals surface area contributed by atoms with Gasteiger partial charge in [0.1, 0.15) is 16.9 Å².